The Bertz CT molecular complexity index is 985. The van der Waals surface area contributed by atoms with Gasteiger partial charge in [-0.1, -0.05) is 97.0 Å². The van der Waals surface area contributed by atoms with Gasteiger partial charge in [0.05, 0.1) is 6.07 Å². The van der Waals surface area contributed by atoms with E-state index >= 15 is 0 Å². The van der Waals surface area contributed by atoms with E-state index < -0.39 is 8.25 Å². The summed E-state index contributed by atoms with van der Waals surface area (Å²) in [5.41, 5.74) is 5.63. The van der Waals surface area contributed by atoms with Crippen molar-refractivity contribution in [3.63, 3.8) is 0 Å². The summed E-state index contributed by atoms with van der Waals surface area (Å²) in [7, 11) is -3.15. The van der Waals surface area contributed by atoms with E-state index in [4.69, 9.17) is 25.2 Å². The third kappa shape index (κ3) is 24.3. The van der Waals surface area contributed by atoms with E-state index in [1.165, 1.54) is 85.4 Å². The predicted molar refractivity (Wildman–Crippen MR) is 152 cm³/mol. The molecule has 2 aromatic carbocycles. The molecule has 200 valence electrons. The van der Waals surface area contributed by atoms with Crippen LogP contribution in [0.3, 0.4) is 0 Å². The van der Waals surface area contributed by atoms with Gasteiger partial charge in [0.25, 0.3) is 0 Å². The van der Waals surface area contributed by atoms with Gasteiger partial charge in [-0.25, -0.2) is 4.67 Å². The molecule has 0 aliphatic heterocycles. The summed E-state index contributed by atoms with van der Waals surface area (Å²) in [4.78, 5) is 8.87. The van der Waals surface area contributed by atoms with Crippen LogP contribution in [0, 0.1) is 23.2 Å². The molecule has 0 bridgehead atoms. The molecular formula is C28H40K3N2O5P. The van der Waals surface area contributed by atoms with Crippen molar-refractivity contribution in [1.82, 2.24) is 0 Å². The van der Waals surface area contributed by atoms with Gasteiger partial charge in [-0.2, -0.15) is 5.26 Å². The molecule has 11 heteroatoms. The van der Waals surface area contributed by atoms with Crippen molar-refractivity contribution in [2.45, 2.75) is 79.1 Å². The fraction of sp³-hybridized carbons (Fsp3) is 0.500. The van der Waals surface area contributed by atoms with E-state index in [9.17, 15) is 0 Å². The molecule has 3 atom stereocenters. The number of benzene rings is 2. The van der Waals surface area contributed by atoms with Crippen molar-refractivity contribution in [3.8, 4) is 6.07 Å². The molecule has 7 nitrogen and oxygen atoms in total. The van der Waals surface area contributed by atoms with Gasteiger partial charge in [0, 0.05) is 12.1 Å². The van der Waals surface area contributed by atoms with Gasteiger partial charge >= 0.3 is 123 Å². The first-order valence-electron chi connectivity index (χ1n) is 12.8. The van der Waals surface area contributed by atoms with Gasteiger partial charge in [0.2, 0.25) is 0 Å². The van der Waals surface area contributed by atoms with E-state index in [2.05, 4.69) is 106 Å². The molecule has 3 unspecified atom stereocenters. The monoisotopic (exact) mass is 632 g/mol. The zero-order valence-electron chi connectivity index (χ0n) is 25.7. The molecule has 0 aromatic heterocycles. The van der Waals surface area contributed by atoms with Gasteiger partial charge < -0.3 is 15.4 Å². The first-order chi connectivity index (χ1) is 17.6. The number of oxime groups is 1. The van der Waals surface area contributed by atoms with Crippen molar-refractivity contribution in [2.24, 2.45) is 17.0 Å². The maximum absolute atomic E-state index is 8.87. The average Bonchev–Trinajstić information content (AvgIpc) is 2.85. The summed E-state index contributed by atoms with van der Waals surface area (Å²) in [5, 5.41) is 28.8. The summed E-state index contributed by atoms with van der Waals surface area (Å²) in [6, 6.07) is 19.5. The van der Waals surface area contributed by atoms with Crippen LogP contribution in [0.15, 0.2) is 53.7 Å². The molecular weight excluding hydrogens is 593 g/mol. The molecule has 0 saturated carbocycles. The molecule has 0 aliphatic rings. The van der Waals surface area contributed by atoms with Crippen LogP contribution >= 0.6 is 8.25 Å². The Morgan fingerprint density at radius 3 is 1.54 bits per heavy atom. The average molecular weight is 633 g/mol. The maximum atomic E-state index is 8.87. The first kappa shape index (κ1) is 45.7. The molecule has 2 rings (SSSR count). The first-order valence-corrected chi connectivity index (χ1v) is 29.9. The number of hydrogen-bond acceptors (Lipinski definition) is 7. The van der Waals surface area contributed by atoms with Crippen LogP contribution in [0.5, 0.6) is 0 Å². The molecule has 2 aromatic rings. The molecule has 1 N–H and O–H groups in total. The molecule has 0 spiro atoms. The molecule has 39 heavy (non-hydrogen) atoms. The van der Waals surface area contributed by atoms with Gasteiger partial charge in [-0.3, -0.25) is 0 Å². The second-order valence-electron chi connectivity index (χ2n) is 10.9. The number of hydrogen-bond donors (Lipinski definition) is 1. The van der Waals surface area contributed by atoms with E-state index in [0.29, 0.717) is 0 Å². The molecule has 0 radical (unpaired) electrons. The molecule has 0 aliphatic carbocycles. The summed E-state index contributed by atoms with van der Waals surface area (Å²) in [6.45, 7) is 17.3. The number of rotatable bonds is 6. The van der Waals surface area contributed by atoms with Crippen LogP contribution in [0.2, 0.25) is 0 Å². The van der Waals surface area contributed by atoms with Crippen LogP contribution in [0.25, 0.3) is 0 Å². The standard InChI is InChI=1S/C14H21NO.C14H19N.3K.HO4P/c1-11(10-15-16)9-12-5-7-13(8-6-12)14(2,3)4;1-11(10-15)9-12-5-7-13(8-6-12)14(2,3)4;;;;1-4-5(2)3/h5-8,10-11,16H,9H2,1-4H3;5-8,11H,9H2,1-4H3;;;;1H/q;;;;+1;/p-1/b15-10+;;;;;. The van der Waals surface area contributed by atoms with Crippen molar-refractivity contribution in [2.75, 3.05) is 0 Å². The topological polar surface area (TPSA) is 129 Å². The minimum atomic E-state index is -3.15. The molecule has 0 amide bonds. The summed E-state index contributed by atoms with van der Waals surface area (Å²) >= 11 is 2.50. The molecule has 0 heterocycles. The second-order valence-corrected chi connectivity index (χ2v) is 11.5. The van der Waals surface area contributed by atoms with Crippen molar-refractivity contribution >= 4 is 77.6 Å². The van der Waals surface area contributed by atoms with Gasteiger partial charge in [0.15, 0.2) is 0 Å². The van der Waals surface area contributed by atoms with Crippen LogP contribution in [-0.2, 0) is 32.9 Å². The van der Waals surface area contributed by atoms with Crippen molar-refractivity contribution in [3.05, 3.63) is 70.8 Å². The Labute approximate surface area is 324 Å². The Balaban J connectivity index is -0.000000528. The Hall–Kier alpha value is 2.29. The minimum absolute atomic E-state index is 0. The Morgan fingerprint density at radius 2 is 1.28 bits per heavy atom. The number of nitriles is 1. The third-order valence-electron chi connectivity index (χ3n) is 5.34. The van der Waals surface area contributed by atoms with Crippen molar-refractivity contribution < 1.29 is 76.0 Å². The van der Waals surface area contributed by atoms with Crippen LogP contribution < -0.4 is 61.5 Å². The normalized spacial score (nSPS) is 12.6. The zero-order chi connectivity index (χ0) is 29.9. The molecule has 0 saturated heterocycles. The van der Waals surface area contributed by atoms with E-state index in [0.717, 1.165) is 12.8 Å². The van der Waals surface area contributed by atoms with Crippen molar-refractivity contribution in [1.29, 1.82) is 5.26 Å². The summed E-state index contributed by atoms with van der Waals surface area (Å²) in [6.07, 6.45) is 3.33. The van der Waals surface area contributed by atoms with E-state index in [1.54, 1.807) is 6.21 Å². The second kappa shape index (κ2) is 25.6. The third-order valence-corrected chi connectivity index (χ3v) is 5.46. The van der Waals surface area contributed by atoms with Crippen LogP contribution in [0.4, 0.5) is 0 Å². The van der Waals surface area contributed by atoms with Gasteiger partial charge in [-0.05, 0) is 63.3 Å². The Kier molecular flexibility index (Phi) is 30.0. The predicted octanol–water partition coefficient (Wildman–Crippen LogP) is 1.85. The van der Waals surface area contributed by atoms with E-state index in [1.807, 2.05) is 13.8 Å². The Morgan fingerprint density at radius 1 is 0.949 bits per heavy atom. The molecule has 0 fully saturated rings. The van der Waals surface area contributed by atoms with Crippen LogP contribution in [-0.4, -0.2) is 74.6 Å². The van der Waals surface area contributed by atoms with Crippen LogP contribution in [0.1, 0.15) is 77.6 Å². The fourth-order valence-corrected chi connectivity index (χ4v) is 3.22. The SMILES string of the molecule is CC(/C=N/O)Cc1ccc(C(C)(C)C)cc1.CC(C#N)Cc1ccc(C(C)(C)C)cc1.O=[P+]([O-])O[O-].[K+].[K][K]. The fourth-order valence-electron chi connectivity index (χ4n) is 3.22. The summed E-state index contributed by atoms with van der Waals surface area (Å²) < 4.78 is 11.3. The summed E-state index contributed by atoms with van der Waals surface area (Å²) in [5.74, 6) is 0.371. The number of nitrogens with zero attached hydrogens (tertiary/aromatic N) is 2. The quantitative estimate of drug-likeness (QED) is 0.129. The zero-order valence-corrected chi connectivity index (χ0v) is 36.0. The van der Waals surface area contributed by atoms with Gasteiger partial charge in [-0.15, -0.1) is 5.16 Å². The van der Waals surface area contributed by atoms with Gasteiger partial charge in [0.1, 0.15) is 0 Å². The van der Waals surface area contributed by atoms with E-state index in [-0.39, 0.29) is 74.1 Å².